The molecule has 2 aliphatic rings. The van der Waals surface area contributed by atoms with Gasteiger partial charge in [-0.3, -0.25) is 9.59 Å². The van der Waals surface area contributed by atoms with Gasteiger partial charge in [-0.05, 0) is 31.4 Å². The van der Waals surface area contributed by atoms with Crippen LogP contribution in [0.15, 0.2) is 24.3 Å². The highest BCUT2D eigenvalue weighted by Crippen LogP contribution is 2.33. The Morgan fingerprint density at radius 3 is 2.77 bits per heavy atom. The molecule has 142 valence electrons. The van der Waals surface area contributed by atoms with Crippen molar-refractivity contribution < 1.29 is 19.1 Å². The van der Waals surface area contributed by atoms with Crippen molar-refractivity contribution >= 4 is 17.5 Å². The second kappa shape index (κ2) is 9.03. The van der Waals surface area contributed by atoms with Crippen LogP contribution in [0, 0.1) is 0 Å². The van der Waals surface area contributed by atoms with E-state index in [0.717, 1.165) is 19.3 Å². The Morgan fingerprint density at radius 1 is 1.23 bits per heavy atom. The molecule has 1 aliphatic carbocycles. The number of anilines is 1. The van der Waals surface area contributed by atoms with Gasteiger partial charge in [-0.2, -0.15) is 0 Å². The maximum Gasteiger partial charge on any atom is 0.262 e. The lowest BCUT2D eigenvalue weighted by Gasteiger charge is -2.33. The Labute approximate surface area is 154 Å². The SMILES string of the molecule is CC(=O)N1C[C@@H](C(=O)NCCCOC2CCCCC2)Oc2ccccc21. The van der Waals surface area contributed by atoms with E-state index in [4.69, 9.17) is 9.47 Å². The molecule has 0 bridgehead atoms. The van der Waals surface area contributed by atoms with Gasteiger partial charge in [-0.1, -0.05) is 31.4 Å². The molecule has 1 atom stereocenters. The normalized spacial score (nSPS) is 20.2. The predicted octanol–water partition coefficient (Wildman–Crippen LogP) is 2.66. The summed E-state index contributed by atoms with van der Waals surface area (Å²) in [5.74, 6) is 0.276. The molecule has 1 aromatic carbocycles. The van der Waals surface area contributed by atoms with Crippen LogP contribution in [0.3, 0.4) is 0 Å². The van der Waals surface area contributed by atoms with E-state index in [0.29, 0.717) is 30.7 Å². The van der Waals surface area contributed by atoms with E-state index >= 15 is 0 Å². The molecule has 1 heterocycles. The molecular formula is C20H28N2O4. The lowest BCUT2D eigenvalue weighted by Crippen LogP contribution is -2.50. The summed E-state index contributed by atoms with van der Waals surface area (Å²) < 4.78 is 11.7. The topological polar surface area (TPSA) is 67.9 Å². The summed E-state index contributed by atoms with van der Waals surface area (Å²) in [4.78, 5) is 25.9. The minimum absolute atomic E-state index is 0.0977. The minimum Gasteiger partial charge on any atom is -0.477 e. The first-order valence-corrected chi connectivity index (χ1v) is 9.58. The second-order valence-electron chi connectivity index (χ2n) is 6.98. The van der Waals surface area contributed by atoms with Crippen molar-refractivity contribution in [2.45, 2.75) is 57.7 Å². The molecule has 1 aromatic rings. The van der Waals surface area contributed by atoms with Crippen LogP contribution >= 0.6 is 0 Å². The zero-order valence-corrected chi connectivity index (χ0v) is 15.4. The van der Waals surface area contributed by atoms with Gasteiger partial charge < -0.3 is 19.7 Å². The molecule has 1 aliphatic heterocycles. The van der Waals surface area contributed by atoms with Crippen LogP contribution in [-0.2, 0) is 14.3 Å². The summed E-state index contributed by atoms with van der Waals surface area (Å²) in [7, 11) is 0. The third kappa shape index (κ3) is 4.75. The fraction of sp³-hybridized carbons (Fsp3) is 0.600. The summed E-state index contributed by atoms with van der Waals surface area (Å²) in [6.45, 7) is 2.95. The number of nitrogens with zero attached hydrogens (tertiary/aromatic N) is 1. The molecule has 0 radical (unpaired) electrons. The van der Waals surface area contributed by atoms with Crippen LogP contribution in [-0.4, -0.2) is 43.7 Å². The van der Waals surface area contributed by atoms with Crippen molar-refractivity contribution in [1.82, 2.24) is 5.32 Å². The van der Waals surface area contributed by atoms with Crippen LogP contribution in [0.1, 0.15) is 45.4 Å². The summed E-state index contributed by atoms with van der Waals surface area (Å²) in [6.07, 6.45) is 6.63. The second-order valence-corrected chi connectivity index (χ2v) is 6.98. The van der Waals surface area contributed by atoms with Crippen LogP contribution < -0.4 is 15.0 Å². The molecule has 6 heteroatoms. The van der Waals surface area contributed by atoms with Gasteiger partial charge in [0.2, 0.25) is 5.91 Å². The van der Waals surface area contributed by atoms with E-state index in [2.05, 4.69) is 5.32 Å². The van der Waals surface area contributed by atoms with Crippen LogP contribution in [0.2, 0.25) is 0 Å². The van der Waals surface area contributed by atoms with Crippen molar-refractivity contribution in [2.24, 2.45) is 0 Å². The number of nitrogens with one attached hydrogen (secondary N) is 1. The number of fused-ring (bicyclic) bond motifs is 1. The van der Waals surface area contributed by atoms with Crippen molar-refractivity contribution in [1.29, 1.82) is 0 Å². The van der Waals surface area contributed by atoms with Crippen LogP contribution in [0.25, 0.3) is 0 Å². The molecule has 0 aromatic heterocycles. The lowest BCUT2D eigenvalue weighted by molar-refractivity contribution is -0.128. The first-order valence-electron chi connectivity index (χ1n) is 9.58. The Morgan fingerprint density at radius 2 is 2.00 bits per heavy atom. The van der Waals surface area contributed by atoms with Gasteiger partial charge in [0.15, 0.2) is 6.10 Å². The third-order valence-corrected chi connectivity index (χ3v) is 4.97. The number of hydrogen-bond acceptors (Lipinski definition) is 4. The van der Waals surface area contributed by atoms with Crippen LogP contribution in [0.4, 0.5) is 5.69 Å². The molecule has 2 amide bonds. The molecule has 26 heavy (non-hydrogen) atoms. The average Bonchev–Trinajstić information content (AvgIpc) is 2.67. The van der Waals surface area contributed by atoms with Crippen LogP contribution in [0.5, 0.6) is 5.75 Å². The highest BCUT2D eigenvalue weighted by atomic mass is 16.5. The largest absolute Gasteiger partial charge is 0.477 e. The molecular weight excluding hydrogens is 332 g/mol. The molecule has 6 nitrogen and oxygen atoms in total. The number of benzene rings is 1. The van der Waals surface area contributed by atoms with Crippen molar-refractivity contribution in [3.8, 4) is 5.75 Å². The number of rotatable bonds is 6. The van der Waals surface area contributed by atoms with Gasteiger partial charge in [-0.15, -0.1) is 0 Å². The highest BCUT2D eigenvalue weighted by Gasteiger charge is 2.32. The highest BCUT2D eigenvalue weighted by molar-refractivity contribution is 5.95. The van der Waals surface area contributed by atoms with Gasteiger partial charge in [0.05, 0.1) is 18.3 Å². The van der Waals surface area contributed by atoms with Gasteiger partial charge in [-0.25, -0.2) is 0 Å². The maximum absolute atomic E-state index is 12.4. The molecule has 0 saturated heterocycles. The molecule has 1 N–H and O–H groups in total. The summed E-state index contributed by atoms with van der Waals surface area (Å²) in [6, 6.07) is 7.29. The fourth-order valence-electron chi connectivity index (χ4n) is 3.55. The monoisotopic (exact) mass is 360 g/mol. The van der Waals surface area contributed by atoms with Crippen molar-refractivity contribution in [2.75, 3.05) is 24.6 Å². The molecule has 0 spiro atoms. The summed E-state index contributed by atoms with van der Waals surface area (Å²) in [5, 5.41) is 2.90. The Kier molecular flexibility index (Phi) is 6.50. The van der Waals surface area contributed by atoms with Gasteiger partial charge in [0, 0.05) is 20.1 Å². The van der Waals surface area contributed by atoms with Gasteiger partial charge in [0.1, 0.15) is 5.75 Å². The molecule has 0 unspecified atom stereocenters. The minimum atomic E-state index is -0.687. The summed E-state index contributed by atoms with van der Waals surface area (Å²) in [5.41, 5.74) is 0.713. The lowest BCUT2D eigenvalue weighted by atomic mass is 9.98. The van der Waals surface area contributed by atoms with Gasteiger partial charge in [0.25, 0.3) is 5.91 Å². The van der Waals surface area contributed by atoms with Crippen molar-refractivity contribution in [3.63, 3.8) is 0 Å². The first-order chi connectivity index (χ1) is 12.6. The van der Waals surface area contributed by atoms with E-state index < -0.39 is 6.10 Å². The predicted molar refractivity (Wildman–Crippen MR) is 99.3 cm³/mol. The van der Waals surface area contributed by atoms with E-state index in [1.807, 2.05) is 18.2 Å². The van der Waals surface area contributed by atoms with E-state index in [9.17, 15) is 9.59 Å². The zero-order valence-electron chi connectivity index (χ0n) is 15.4. The Bertz CT molecular complexity index is 628. The average molecular weight is 360 g/mol. The van der Waals surface area contributed by atoms with E-state index in [-0.39, 0.29) is 18.4 Å². The zero-order chi connectivity index (χ0) is 18.4. The number of para-hydroxylation sites is 2. The molecule has 3 rings (SSSR count). The Hall–Kier alpha value is -2.08. The number of ether oxygens (including phenoxy) is 2. The third-order valence-electron chi connectivity index (χ3n) is 4.97. The standard InChI is InChI=1S/C20H28N2O4/c1-15(23)22-14-19(26-18-11-6-5-10-17(18)22)20(24)21-12-7-13-25-16-8-3-2-4-9-16/h5-6,10-11,16,19H,2-4,7-9,12-14H2,1H3,(H,21,24)/t19-/m0/s1. The fourth-order valence-corrected chi connectivity index (χ4v) is 3.55. The number of carbonyl (C=O) groups excluding carboxylic acids is 2. The molecule has 1 fully saturated rings. The quantitative estimate of drug-likeness (QED) is 0.792. The van der Waals surface area contributed by atoms with E-state index in [1.165, 1.54) is 26.2 Å². The maximum atomic E-state index is 12.4. The summed E-state index contributed by atoms with van der Waals surface area (Å²) >= 11 is 0. The smallest absolute Gasteiger partial charge is 0.262 e. The van der Waals surface area contributed by atoms with Crippen molar-refractivity contribution in [3.05, 3.63) is 24.3 Å². The number of amides is 2. The number of carbonyl (C=O) groups is 2. The number of hydrogen-bond donors (Lipinski definition) is 1. The van der Waals surface area contributed by atoms with Gasteiger partial charge >= 0.3 is 0 Å². The Balaban J connectivity index is 1.44. The first kappa shape index (κ1) is 18.7. The molecule has 1 saturated carbocycles. The van der Waals surface area contributed by atoms with E-state index in [1.54, 1.807) is 11.0 Å².